The Balaban J connectivity index is 1.43. The third kappa shape index (κ3) is 5.59. The molecule has 1 atom stereocenters. The van der Waals surface area contributed by atoms with Crippen LogP contribution in [0.5, 0.6) is 5.75 Å². The quantitative estimate of drug-likeness (QED) is 0.583. The Morgan fingerprint density at radius 3 is 2.59 bits per heavy atom. The Labute approximate surface area is 161 Å². The van der Waals surface area contributed by atoms with Gasteiger partial charge in [0.15, 0.2) is 0 Å². The molecular formula is C23H29NO3. The summed E-state index contributed by atoms with van der Waals surface area (Å²) < 4.78 is 11.6. The second kappa shape index (κ2) is 8.59. The molecule has 0 aliphatic rings. The van der Waals surface area contributed by atoms with Crippen LogP contribution in [0.3, 0.4) is 0 Å². The topological polar surface area (TPSA) is 54.6 Å². The van der Waals surface area contributed by atoms with Gasteiger partial charge in [-0.15, -0.1) is 0 Å². The molecule has 0 amide bonds. The number of hydrogen-bond acceptors (Lipinski definition) is 4. The van der Waals surface area contributed by atoms with Gasteiger partial charge in [0.2, 0.25) is 0 Å². The van der Waals surface area contributed by atoms with Crippen LogP contribution in [-0.4, -0.2) is 30.9 Å². The van der Waals surface area contributed by atoms with E-state index in [1.165, 1.54) is 5.56 Å². The van der Waals surface area contributed by atoms with E-state index in [-0.39, 0.29) is 12.0 Å². The summed E-state index contributed by atoms with van der Waals surface area (Å²) >= 11 is 0. The summed E-state index contributed by atoms with van der Waals surface area (Å²) in [5.41, 5.74) is 2.17. The van der Waals surface area contributed by atoms with Crippen molar-refractivity contribution in [1.82, 2.24) is 5.32 Å². The number of aliphatic hydroxyl groups excluding tert-OH is 1. The highest BCUT2D eigenvalue weighted by Gasteiger charge is 2.18. The van der Waals surface area contributed by atoms with Crippen LogP contribution in [0.25, 0.3) is 11.0 Å². The summed E-state index contributed by atoms with van der Waals surface area (Å²) in [6, 6.07) is 18.0. The van der Waals surface area contributed by atoms with E-state index < -0.39 is 6.10 Å². The molecule has 4 nitrogen and oxygen atoms in total. The largest absolute Gasteiger partial charge is 0.491 e. The molecule has 0 spiro atoms. The Kier molecular flexibility index (Phi) is 6.19. The molecule has 3 rings (SSSR count). The van der Waals surface area contributed by atoms with Crippen molar-refractivity contribution in [3.05, 3.63) is 65.9 Å². The lowest BCUT2D eigenvalue weighted by atomic mass is 9.93. The molecule has 0 saturated carbocycles. The van der Waals surface area contributed by atoms with E-state index in [0.29, 0.717) is 6.54 Å². The van der Waals surface area contributed by atoms with Crippen LogP contribution >= 0.6 is 0 Å². The van der Waals surface area contributed by atoms with Gasteiger partial charge in [0.25, 0.3) is 0 Å². The molecule has 1 aromatic heterocycles. The van der Waals surface area contributed by atoms with E-state index in [2.05, 4.69) is 50.4 Å². The average Bonchev–Trinajstić information content (AvgIpc) is 3.08. The van der Waals surface area contributed by atoms with Gasteiger partial charge in [0, 0.05) is 17.3 Å². The summed E-state index contributed by atoms with van der Waals surface area (Å²) in [6.45, 7) is 8.04. The molecule has 4 heteroatoms. The normalized spacial score (nSPS) is 13.0. The molecule has 0 radical (unpaired) electrons. The van der Waals surface area contributed by atoms with Gasteiger partial charge in [-0.2, -0.15) is 0 Å². The predicted molar refractivity (Wildman–Crippen MR) is 109 cm³/mol. The lowest BCUT2D eigenvalue weighted by Gasteiger charge is -2.13. The van der Waals surface area contributed by atoms with Crippen LogP contribution in [-0.2, 0) is 11.8 Å². The number of aliphatic hydroxyl groups is 1. The summed E-state index contributed by atoms with van der Waals surface area (Å²) in [5, 5.41) is 14.5. The van der Waals surface area contributed by atoms with Crippen molar-refractivity contribution in [2.75, 3.05) is 19.7 Å². The summed E-state index contributed by atoms with van der Waals surface area (Å²) in [5.74, 6) is 1.78. The van der Waals surface area contributed by atoms with E-state index >= 15 is 0 Å². The van der Waals surface area contributed by atoms with E-state index in [4.69, 9.17) is 9.15 Å². The van der Waals surface area contributed by atoms with Gasteiger partial charge >= 0.3 is 0 Å². The van der Waals surface area contributed by atoms with Crippen molar-refractivity contribution in [2.24, 2.45) is 0 Å². The van der Waals surface area contributed by atoms with Crippen molar-refractivity contribution in [2.45, 2.75) is 38.7 Å². The van der Waals surface area contributed by atoms with Crippen molar-refractivity contribution < 1.29 is 14.3 Å². The fourth-order valence-electron chi connectivity index (χ4n) is 2.87. The maximum atomic E-state index is 10.0. The van der Waals surface area contributed by atoms with Gasteiger partial charge in [-0.25, -0.2) is 0 Å². The summed E-state index contributed by atoms with van der Waals surface area (Å²) in [7, 11) is 0. The molecule has 0 saturated heterocycles. The van der Waals surface area contributed by atoms with Gasteiger partial charge < -0.3 is 19.6 Å². The van der Waals surface area contributed by atoms with Gasteiger partial charge in [-0.1, -0.05) is 51.1 Å². The van der Waals surface area contributed by atoms with Crippen molar-refractivity contribution >= 4 is 11.0 Å². The van der Waals surface area contributed by atoms with E-state index in [1.807, 2.05) is 30.3 Å². The third-order valence-electron chi connectivity index (χ3n) is 4.48. The molecule has 27 heavy (non-hydrogen) atoms. The highest BCUT2D eigenvalue weighted by molar-refractivity contribution is 5.78. The number of fused-ring (bicyclic) bond motifs is 1. The number of benzene rings is 2. The molecule has 0 bridgehead atoms. The molecule has 1 heterocycles. The third-order valence-corrected chi connectivity index (χ3v) is 4.48. The molecule has 144 valence electrons. The lowest BCUT2D eigenvalue weighted by Crippen LogP contribution is -2.32. The maximum absolute atomic E-state index is 10.0. The number of rotatable bonds is 8. The molecule has 0 fully saturated rings. The maximum Gasteiger partial charge on any atom is 0.134 e. The minimum atomic E-state index is -0.535. The first-order valence-electron chi connectivity index (χ1n) is 9.51. The van der Waals surface area contributed by atoms with Crippen molar-refractivity contribution in [3.8, 4) is 5.75 Å². The van der Waals surface area contributed by atoms with Gasteiger partial charge in [-0.3, -0.25) is 0 Å². The number of para-hydroxylation sites is 1. The van der Waals surface area contributed by atoms with Crippen LogP contribution in [0.2, 0.25) is 0 Å². The molecule has 0 aliphatic heterocycles. The lowest BCUT2D eigenvalue weighted by molar-refractivity contribution is 0.106. The predicted octanol–water partition coefficient (Wildman–Crippen LogP) is 4.30. The second-order valence-electron chi connectivity index (χ2n) is 7.96. The fourth-order valence-corrected chi connectivity index (χ4v) is 2.87. The summed E-state index contributed by atoms with van der Waals surface area (Å²) in [4.78, 5) is 0. The fraction of sp³-hybridized carbons (Fsp3) is 0.391. The SMILES string of the molecule is CC(C)(C)c1cc2ccc(CCNC[C@H](O)COc3ccccc3)cc2o1. The summed E-state index contributed by atoms with van der Waals surface area (Å²) in [6.07, 6.45) is 0.348. The van der Waals surface area contributed by atoms with Gasteiger partial charge in [0.05, 0.1) is 0 Å². The number of ether oxygens (including phenoxy) is 1. The number of furan rings is 1. The monoisotopic (exact) mass is 367 g/mol. The zero-order valence-corrected chi connectivity index (χ0v) is 16.4. The van der Waals surface area contributed by atoms with E-state index in [9.17, 15) is 5.11 Å². The van der Waals surface area contributed by atoms with Crippen LogP contribution in [0.4, 0.5) is 0 Å². The van der Waals surface area contributed by atoms with Crippen LogP contribution < -0.4 is 10.1 Å². The zero-order chi connectivity index (χ0) is 19.3. The van der Waals surface area contributed by atoms with Crippen LogP contribution in [0, 0.1) is 0 Å². The first-order valence-corrected chi connectivity index (χ1v) is 9.51. The van der Waals surface area contributed by atoms with Crippen molar-refractivity contribution in [3.63, 3.8) is 0 Å². The van der Waals surface area contributed by atoms with Crippen LogP contribution in [0.15, 0.2) is 59.0 Å². The highest BCUT2D eigenvalue weighted by atomic mass is 16.5. The first-order chi connectivity index (χ1) is 12.9. The molecule has 3 aromatic rings. The number of hydrogen-bond donors (Lipinski definition) is 2. The van der Waals surface area contributed by atoms with Crippen LogP contribution in [0.1, 0.15) is 32.1 Å². The molecular weight excluding hydrogens is 338 g/mol. The second-order valence-corrected chi connectivity index (χ2v) is 7.96. The van der Waals surface area contributed by atoms with Crippen molar-refractivity contribution in [1.29, 1.82) is 0 Å². The minimum Gasteiger partial charge on any atom is -0.491 e. The highest BCUT2D eigenvalue weighted by Crippen LogP contribution is 2.29. The zero-order valence-electron chi connectivity index (χ0n) is 16.4. The molecule has 2 aromatic carbocycles. The van der Waals surface area contributed by atoms with E-state index in [0.717, 1.165) is 35.4 Å². The van der Waals surface area contributed by atoms with E-state index in [1.54, 1.807) is 0 Å². The standard InChI is InChI=1S/C23H29NO3/c1-23(2,3)22-14-18-10-9-17(13-21(18)27-22)11-12-24-15-19(25)16-26-20-7-5-4-6-8-20/h4-10,13-14,19,24-25H,11-12,15-16H2,1-3H3/t19-/m0/s1. The Morgan fingerprint density at radius 2 is 1.85 bits per heavy atom. The Bertz CT molecular complexity index is 849. The Hall–Kier alpha value is -2.30. The first kappa shape index (κ1) is 19.5. The molecule has 0 aliphatic carbocycles. The van der Waals surface area contributed by atoms with Gasteiger partial charge in [0.1, 0.15) is 29.8 Å². The minimum absolute atomic E-state index is 0.0126. The molecule has 0 unspecified atom stereocenters. The van der Waals surface area contributed by atoms with Gasteiger partial charge in [-0.05, 0) is 42.8 Å². The Morgan fingerprint density at radius 1 is 1.07 bits per heavy atom. The average molecular weight is 367 g/mol. The number of nitrogens with one attached hydrogen (secondary N) is 1. The smallest absolute Gasteiger partial charge is 0.134 e. The molecule has 2 N–H and O–H groups in total.